The van der Waals surface area contributed by atoms with Crippen molar-refractivity contribution in [1.29, 1.82) is 0 Å². The fourth-order valence-corrected chi connectivity index (χ4v) is 2.03. The Morgan fingerprint density at radius 2 is 1.91 bits per heavy atom. The minimum atomic E-state index is -0.511. The molecule has 0 saturated heterocycles. The number of hydrogen-bond donors (Lipinski definition) is 3. The molecule has 0 fully saturated rings. The number of nitrogen functional groups attached to an aromatic ring is 1. The van der Waals surface area contributed by atoms with Crippen LogP contribution in [0.25, 0.3) is 0 Å². The molecule has 0 aromatic heterocycles. The summed E-state index contributed by atoms with van der Waals surface area (Å²) in [6.07, 6.45) is -0.511. The van der Waals surface area contributed by atoms with Crippen LogP contribution in [0.15, 0.2) is 42.5 Å². The van der Waals surface area contributed by atoms with Gasteiger partial charge in [0, 0.05) is 12.2 Å². The number of nitrogens with two attached hydrogens (primary N) is 1. The average Bonchev–Trinajstić information content (AvgIpc) is 2.56. The number of carbonyl (C=O) groups is 1. The van der Waals surface area contributed by atoms with Gasteiger partial charge in [-0.2, -0.15) is 0 Å². The highest BCUT2D eigenvalue weighted by Gasteiger charge is 2.06. The Kier molecular flexibility index (Phi) is 5.68. The van der Waals surface area contributed by atoms with Crippen LogP contribution >= 0.6 is 0 Å². The molecule has 0 heterocycles. The Labute approximate surface area is 135 Å². The zero-order chi connectivity index (χ0) is 16.7. The normalized spacial score (nSPS) is 10.0. The summed E-state index contributed by atoms with van der Waals surface area (Å²) in [6, 6.07) is 13.1. The van der Waals surface area contributed by atoms with E-state index in [1.807, 2.05) is 36.4 Å². The van der Waals surface area contributed by atoms with E-state index in [9.17, 15) is 4.79 Å². The van der Waals surface area contributed by atoms with Gasteiger partial charge < -0.3 is 20.5 Å². The zero-order valence-electron chi connectivity index (χ0n) is 13.3. The van der Waals surface area contributed by atoms with E-state index in [-0.39, 0.29) is 0 Å². The molecule has 2 aromatic carbocycles. The van der Waals surface area contributed by atoms with Crippen LogP contribution < -0.4 is 21.1 Å². The minimum Gasteiger partial charge on any atom is -0.497 e. The minimum absolute atomic E-state index is 0.315. The maximum absolute atomic E-state index is 11.4. The Hall–Kier alpha value is -2.89. The van der Waals surface area contributed by atoms with Crippen molar-refractivity contribution < 1.29 is 14.3 Å². The summed E-state index contributed by atoms with van der Waals surface area (Å²) >= 11 is 0. The zero-order valence-corrected chi connectivity index (χ0v) is 13.3. The molecule has 6 nitrogen and oxygen atoms in total. The quantitative estimate of drug-likeness (QED) is 0.711. The molecule has 2 aromatic rings. The van der Waals surface area contributed by atoms with Crippen LogP contribution in [0.5, 0.6) is 5.75 Å². The van der Waals surface area contributed by atoms with Crippen molar-refractivity contribution in [3.05, 3.63) is 48.0 Å². The molecule has 23 heavy (non-hydrogen) atoms. The second kappa shape index (κ2) is 7.93. The van der Waals surface area contributed by atoms with Crippen molar-refractivity contribution in [3.63, 3.8) is 0 Å². The molecule has 6 heteroatoms. The van der Waals surface area contributed by atoms with E-state index in [4.69, 9.17) is 15.2 Å². The number of carbonyl (C=O) groups excluding carboxylic acids is 1. The summed E-state index contributed by atoms with van der Waals surface area (Å²) in [5.74, 6) is 0.814. The van der Waals surface area contributed by atoms with Gasteiger partial charge >= 0.3 is 6.09 Å². The van der Waals surface area contributed by atoms with E-state index in [2.05, 4.69) is 10.6 Å². The molecule has 0 aliphatic rings. The predicted octanol–water partition coefficient (Wildman–Crippen LogP) is 3.46. The van der Waals surface area contributed by atoms with Crippen molar-refractivity contribution in [2.24, 2.45) is 0 Å². The number of ether oxygens (including phenoxy) is 2. The van der Waals surface area contributed by atoms with Crippen LogP contribution in [-0.2, 0) is 11.3 Å². The van der Waals surface area contributed by atoms with Crippen molar-refractivity contribution in [2.45, 2.75) is 13.5 Å². The number of hydrogen-bond acceptors (Lipinski definition) is 5. The van der Waals surface area contributed by atoms with Crippen LogP contribution in [0.2, 0.25) is 0 Å². The molecule has 122 valence electrons. The van der Waals surface area contributed by atoms with E-state index >= 15 is 0 Å². The molecular weight excluding hydrogens is 294 g/mol. The SMILES string of the molecule is CCOC(=O)Nc1ccc(CNc2ccc(OC)cc2)cc1N. The molecule has 2 rings (SSSR count). The first-order valence-corrected chi connectivity index (χ1v) is 7.32. The van der Waals surface area contributed by atoms with Gasteiger partial charge in [0.1, 0.15) is 5.75 Å². The molecule has 0 aliphatic carbocycles. The highest BCUT2D eigenvalue weighted by atomic mass is 16.5. The molecule has 0 spiro atoms. The number of amides is 1. The van der Waals surface area contributed by atoms with Gasteiger partial charge in [0.25, 0.3) is 0 Å². The summed E-state index contributed by atoms with van der Waals surface area (Å²) in [7, 11) is 1.64. The molecule has 0 atom stereocenters. The fourth-order valence-electron chi connectivity index (χ4n) is 2.03. The van der Waals surface area contributed by atoms with Gasteiger partial charge in [-0.3, -0.25) is 5.32 Å². The number of nitrogens with one attached hydrogen (secondary N) is 2. The average molecular weight is 315 g/mol. The summed E-state index contributed by atoms with van der Waals surface area (Å²) in [4.78, 5) is 11.4. The van der Waals surface area contributed by atoms with Gasteiger partial charge in [-0.15, -0.1) is 0 Å². The monoisotopic (exact) mass is 315 g/mol. The molecule has 0 saturated carbocycles. The van der Waals surface area contributed by atoms with Gasteiger partial charge in [0.05, 0.1) is 25.1 Å². The molecular formula is C17H21N3O3. The van der Waals surface area contributed by atoms with E-state index < -0.39 is 6.09 Å². The van der Waals surface area contributed by atoms with Crippen LogP contribution in [-0.4, -0.2) is 19.8 Å². The number of benzene rings is 2. The van der Waals surface area contributed by atoms with Crippen molar-refractivity contribution >= 4 is 23.2 Å². The maximum Gasteiger partial charge on any atom is 0.411 e. The summed E-state index contributed by atoms with van der Waals surface area (Å²) in [5, 5.41) is 5.90. The second-order valence-corrected chi connectivity index (χ2v) is 4.85. The van der Waals surface area contributed by atoms with Gasteiger partial charge in [-0.05, 0) is 48.9 Å². The summed E-state index contributed by atoms with van der Waals surface area (Å²) in [6.45, 7) is 2.68. The number of rotatable bonds is 6. The van der Waals surface area contributed by atoms with Crippen LogP contribution in [0.3, 0.4) is 0 Å². The molecule has 4 N–H and O–H groups in total. The lowest BCUT2D eigenvalue weighted by Crippen LogP contribution is -2.14. The first-order chi connectivity index (χ1) is 11.1. The Morgan fingerprint density at radius 1 is 1.17 bits per heavy atom. The molecule has 0 aliphatic heterocycles. The third-order valence-electron chi connectivity index (χ3n) is 3.21. The highest BCUT2D eigenvalue weighted by Crippen LogP contribution is 2.21. The van der Waals surface area contributed by atoms with E-state index in [0.717, 1.165) is 17.0 Å². The van der Waals surface area contributed by atoms with Crippen molar-refractivity contribution in [2.75, 3.05) is 30.1 Å². The van der Waals surface area contributed by atoms with Gasteiger partial charge in [0.15, 0.2) is 0 Å². The highest BCUT2D eigenvalue weighted by molar-refractivity contribution is 5.89. The second-order valence-electron chi connectivity index (χ2n) is 4.85. The van der Waals surface area contributed by atoms with Crippen LogP contribution in [0.1, 0.15) is 12.5 Å². The van der Waals surface area contributed by atoms with Gasteiger partial charge in [-0.25, -0.2) is 4.79 Å². The third kappa shape index (κ3) is 4.81. The maximum atomic E-state index is 11.4. The topological polar surface area (TPSA) is 85.6 Å². The first kappa shape index (κ1) is 16.5. The van der Waals surface area contributed by atoms with Crippen LogP contribution in [0, 0.1) is 0 Å². The Bertz CT molecular complexity index is 657. The van der Waals surface area contributed by atoms with Gasteiger partial charge in [-0.1, -0.05) is 6.07 Å². The lowest BCUT2D eigenvalue weighted by Gasteiger charge is -2.11. The molecule has 0 bridgehead atoms. The first-order valence-electron chi connectivity index (χ1n) is 7.32. The van der Waals surface area contributed by atoms with E-state index in [1.54, 1.807) is 20.1 Å². The fraction of sp³-hybridized carbons (Fsp3) is 0.235. The van der Waals surface area contributed by atoms with E-state index in [0.29, 0.717) is 24.5 Å². The lowest BCUT2D eigenvalue weighted by atomic mass is 10.1. The van der Waals surface area contributed by atoms with E-state index in [1.165, 1.54) is 0 Å². The summed E-state index contributed by atoms with van der Waals surface area (Å²) < 4.78 is 9.95. The molecule has 1 amide bonds. The summed E-state index contributed by atoms with van der Waals surface area (Å²) in [5.41, 5.74) is 8.98. The van der Waals surface area contributed by atoms with Crippen molar-refractivity contribution in [3.8, 4) is 5.75 Å². The molecule has 0 unspecified atom stereocenters. The van der Waals surface area contributed by atoms with Crippen LogP contribution in [0.4, 0.5) is 21.9 Å². The number of methoxy groups -OCH3 is 1. The number of anilines is 3. The largest absolute Gasteiger partial charge is 0.497 e. The van der Waals surface area contributed by atoms with Crippen molar-refractivity contribution in [1.82, 2.24) is 0 Å². The standard InChI is InChI=1S/C17H21N3O3/c1-3-23-17(21)20-16-9-4-12(10-15(16)18)11-19-13-5-7-14(22-2)8-6-13/h4-10,19H,3,11,18H2,1-2H3,(H,20,21). The third-order valence-corrected chi connectivity index (χ3v) is 3.21. The Balaban J connectivity index is 1.95. The Morgan fingerprint density at radius 3 is 2.52 bits per heavy atom. The van der Waals surface area contributed by atoms with Gasteiger partial charge in [0.2, 0.25) is 0 Å². The lowest BCUT2D eigenvalue weighted by molar-refractivity contribution is 0.168. The molecule has 0 radical (unpaired) electrons. The smallest absolute Gasteiger partial charge is 0.411 e. The predicted molar refractivity (Wildman–Crippen MR) is 91.8 cm³/mol.